The lowest BCUT2D eigenvalue weighted by molar-refractivity contribution is 1.01. The van der Waals surface area contributed by atoms with E-state index in [9.17, 15) is 0 Å². The molecule has 22 heavy (non-hydrogen) atoms. The number of rotatable bonds is 5. The minimum absolute atomic E-state index is 0.505. The highest BCUT2D eigenvalue weighted by atomic mass is 79.9. The molecule has 0 spiro atoms. The van der Waals surface area contributed by atoms with Gasteiger partial charge >= 0.3 is 0 Å². The van der Waals surface area contributed by atoms with Crippen molar-refractivity contribution in [3.8, 4) is 0 Å². The third kappa shape index (κ3) is 4.42. The molecule has 0 aliphatic heterocycles. The van der Waals surface area contributed by atoms with E-state index < -0.39 is 0 Å². The van der Waals surface area contributed by atoms with E-state index in [0.717, 1.165) is 30.9 Å². The van der Waals surface area contributed by atoms with Gasteiger partial charge in [-0.05, 0) is 29.8 Å². The summed E-state index contributed by atoms with van der Waals surface area (Å²) in [5.41, 5.74) is 2.08. The molecule has 1 aromatic carbocycles. The van der Waals surface area contributed by atoms with Gasteiger partial charge in [-0.25, -0.2) is 4.98 Å². The van der Waals surface area contributed by atoms with Gasteiger partial charge in [0, 0.05) is 22.1 Å². The Morgan fingerprint density at radius 2 is 2.14 bits per heavy atom. The van der Waals surface area contributed by atoms with Gasteiger partial charge in [0.05, 0.1) is 0 Å². The fourth-order valence-corrected chi connectivity index (χ4v) is 3.86. The average molecular weight is 414 g/mol. The lowest BCUT2D eigenvalue weighted by Crippen LogP contribution is -1.88. The van der Waals surface area contributed by atoms with Gasteiger partial charge in [-0.2, -0.15) is 0 Å². The molecule has 1 N–H and O–H groups in total. The largest absolute Gasteiger partial charge is 0.330 e. The molecule has 0 unspecified atom stereocenters. The first-order valence-electron chi connectivity index (χ1n) is 6.28. The van der Waals surface area contributed by atoms with Crippen LogP contribution in [0.2, 0.25) is 5.15 Å². The average Bonchev–Trinajstić information content (AvgIpc) is 2.94. The summed E-state index contributed by atoms with van der Waals surface area (Å²) in [5, 5.41) is 12.9. The van der Waals surface area contributed by atoms with Crippen LogP contribution < -0.4 is 5.32 Å². The van der Waals surface area contributed by atoms with Crippen LogP contribution in [0, 0.1) is 0 Å². The van der Waals surface area contributed by atoms with Crippen molar-refractivity contribution in [2.24, 2.45) is 0 Å². The van der Waals surface area contributed by atoms with Gasteiger partial charge in [-0.3, -0.25) is 0 Å². The summed E-state index contributed by atoms with van der Waals surface area (Å²) in [4.78, 5) is 4.06. The quantitative estimate of drug-likeness (QED) is 0.449. The molecule has 0 saturated heterocycles. The normalized spacial score (nSPS) is 10.6. The minimum atomic E-state index is 0.505. The van der Waals surface area contributed by atoms with E-state index in [0.29, 0.717) is 5.15 Å². The minimum Gasteiger partial charge on any atom is -0.330 e. The molecule has 0 aliphatic rings. The topological polar surface area (TPSA) is 50.7 Å². The molecule has 0 radical (unpaired) electrons. The van der Waals surface area contributed by atoms with Crippen molar-refractivity contribution < 1.29 is 0 Å². The van der Waals surface area contributed by atoms with Gasteiger partial charge in [-0.1, -0.05) is 62.8 Å². The van der Waals surface area contributed by atoms with Crippen molar-refractivity contribution in [2.45, 2.75) is 10.1 Å². The molecule has 2 aromatic heterocycles. The number of benzene rings is 1. The van der Waals surface area contributed by atoms with Crippen LogP contribution in [0.25, 0.3) is 0 Å². The smallest absolute Gasteiger partial charge is 0.210 e. The summed E-state index contributed by atoms with van der Waals surface area (Å²) in [6.07, 6.45) is 1.77. The number of anilines is 2. The van der Waals surface area contributed by atoms with Gasteiger partial charge in [-0.15, -0.1) is 10.2 Å². The monoisotopic (exact) mass is 412 g/mol. The number of nitrogens with one attached hydrogen (secondary N) is 1. The molecule has 8 heteroatoms. The summed E-state index contributed by atoms with van der Waals surface area (Å²) in [6.45, 7) is 0. The second-order valence-electron chi connectivity index (χ2n) is 4.29. The number of pyridine rings is 1. The number of halogens is 2. The molecule has 112 valence electrons. The molecule has 3 aromatic rings. The first-order chi connectivity index (χ1) is 10.7. The van der Waals surface area contributed by atoms with Crippen LogP contribution in [0.3, 0.4) is 0 Å². The highest BCUT2D eigenvalue weighted by Crippen LogP contribution is 2.30. The van der Waals surface area contributed by atoms with E-state index in [-0.39, 0.29) is 0 Å². The number of hydrogen-bond acceptors (Lipinski definition) is 6. The van der Waals surface area contributed by atoms with Gasteiger partial charge < -0.3 is 5.32 Å². The van der Waals surface area contributed by atoms with Gasteiger partial charge in [0.25, 0.3) is 0 Å². The molecule has 0 bridgehead atoms. The maximum Gasteiger partial charge on any atom is 0.210 e. The van der Waals surface area contributed by atoms with Crippen LogP contribution >= 0.6 is 50.6 Å². The van der Waals surface area contributed by atoms with E-state index in [1.807, 2.05) is 30.3 Å². The second-order valence-corrected chi connectivity index (χ2v) is 7.79. The van der Waals surface area contributed by atoms with E-state index in [2.05, 4.69) is 36.4 Å². The molecular formula is C14H10BrClN4S2. The molecule has 0 amide bonds. The Morgan fingerprint density at radius 3 is 2.91 bits per heavy atom. The summed E-state index contributed by atoms with van der Waals surface area (Å²) in [7, 11) is 0. The maximum absolute atomic E-state index is 5.77. The van der Waals surface area contributed by atoms with Crippen LogP contribution in [0.1, 0.15) is 5.56 Å². The van der Waals surface area contributed by atoms with Gasteiger partial charge in [0.2, 0.25) is 5.13 Å². The molecule has 0 atom stereocenters. The van der Waals surface area contributed by atoms with Crippen molar-refractivity contribution in [2.75, 3.05) is 5.32 Å². The van der Waals surface area contributed by atoms with Crippen LogP contribution in [0.4, 0.5) is 10.8 Å². The molecular weight excluding hydrogens is 404 g/mol. The number of aromatic nitrogens is 3. The van der Waals surface area contributed by atoms with Crippen molar-refractivity contribution in [3.63, 3.8) is 0 Å². The SMILES string of the molecule is Clc1ccc(CSc2nnc(Nc3cccc(Br)c3)s2)cn1. The van der Waals surface area contributed by atoms with E-state index >= 15 is 0 Å². The number of hydrogen-bond donors (Lipinski definition) is 1. The van der Waals surface area contributed by atoms with Crippen molar-refractivity contribution in [3.05, 3.63) is 57.8 Å². The Hall–Kier alpha value is -1.15. The van der Waals surface area contributed by atoms with Crippen LogP contribution in [-0.2, 0) is 5.75 Å². The predicted octanol–water partition coefficient (Wildman–Crippen LogP) is 5.38. The zero-order valence-electron chi connectivity index (χ0n) is 11.2. The highest BCUT2D eigenvalue weighted by Gasteiger charge is 2.06. The Bertz CT molecular complexity index is 764. The zero-order chi connectivity index (χ0) is 15.4. The van der Waals surface area contributed by atoms with E-state index in [1.54, 1.807) is 24.0 Å². The number of thioether (sulfide) groups is 1. The van der Waals surface area contributed by atoms with Gasteiger partial charge in [0.1, 0.15) is 5.15 Å². The molecule has 2 heterocycles. The van der Waals surface area contributed by atoms with Crippen LogP contribution in [0.15, 0.2) is 51.4 Å². The fourth-order valence-electron chi connectivity index (χ4n) is 1.65. The first kappa shape index (κ1) is 15.7. The van der Waals surface area contributed by atoms with Gasteiger partial charge in [0.15, 0.2) is 4.34 Å². The maximum atomic E-state index is 5.77. The van der Waals surface area contributed by atoms with Crippen molar-refractivity contribution in [1.29, 1.82) is 0 Å². The summed E-state index contributed by atoms with van der Waals surface area (Å²) in [6, 6.07) is 11.7. The lowest BCUT2D eigenvalue weighted by atomic mass is 10.3. The molecule has 3 rings (SSSR count). The Labute approximate surface area is 149 Å². The predicted molar refractivity (Wildman–Crippen MR) is 96.1 cm³/mol. The lowest BCUT2D eigenvalue weighted by Gasteiger charge is -2.01. The first-order valence-corrected chi connectivity index (χ1v) is 9.26. The van der Waals surface area contributed by atoms with Crippen molar-refractivity contribution in [1.82, 2.24) is 15.2 Å². The summed E-state index contributed by atoms with van der Waals surface area (Å²) in [5.74, 6) is 0.787. The fraction of sp³-hybridized carbons (Fsp3) is 0.0714. The number of nitrogens with zero attached hydrogens (tertiary/aromatic N) is 3. The third-order valence-corrected chi connectivity index (χ3v) is 5.39. The molecule has 0 aliphatic carbocycles. The van der Waals surface area contributed by atoms with Crippen LogP contribution in [-0.4, -0.2) is 15.2 Å². The summed E-state index contributed by atoms with van der Waals surface area (Å²) >= 11 is 12.4. The second kappa shape index (κ2) is 7.41. The standard InChI is InChI=1S/C14H10BrClN4S2/c15-10-2-1-3-11(6-10)18-13-19-20-14(22-13)21-8-9-4-5-12(16)17-7-9/h1-7H,8H2,(H,18,19). The van der Waals surface area contributed by atoms with Crippen molar-refractivity contribution >= 4 is 61.4 Å². The zero-order valence-corrected chi connectivity index (χ0v) is 15.1. The molecule has 0 fully saturated rings. The third-order valence-electron chi connectivity index (χ3n) is 2.63. The van der Waals surface area contributed by atoms with E-state index in [1.165, 1.54) is 11.3 Å². The Balaban J connectivity index is 1.60. The molecule has 4 nitrogen and oxygen atoms in total. The van der Waals surface area contributed by atoms with E-state index in [4.69, 9.17) is 11.6 Å². The van der Waals surface area contributed by atoms with Crippen LogP contribution in [0.5, 0.6) is 0 Å². The summed E-state index contributed by atoms with van der Waals surface area (Å²) < 4.78 is 1.93. The molecule has 0 saturated carbocycles. The Kier molecular flexibility index (Phi) is 5.30. The Morgan fingerprint density at radius 1 is 1.23 bits per heavy atom. The highest BCUT2D eigenvalue weighted by molar-refractivity contribution is 9.10.